The molecule has 2 saturated heterocycles. The average Bonchev–Trinajstić information content (AvgIpc) is 3.04. The Morgan fingerprint density at radius 1 is 1.23 bits per heavy atom. The summed E-state index contributed by atoms with van der Waals surface area (Å²) in [5.41, 5.74) is 0.746. The molecule has 1 atom stereocenters. The number of benzene rings is 1. The molecular weight excluding hydrogens is 305 g/mol. The lowest BCUT2D eigenvalue weighted by Gasteiger charge is -2.37. The first kappa shape index (κ1) is 15.9. The highest BCUT2D eigenvalue weighted by molar-refractivity contribution is 7.89. The van der Waals surface area contributed by atoms with Gasteiger partial charge in [0.1, 0.15) is 10.7 Å². The van der Waals surface area contributed by atoms with Crippen LogP contribution in [0.1, 0.15) is 12.0 Å². The fourth-order valence-corrected chi connectivity index (χ4v) is 4.78. The minimum Gasteiger partial charge on any atom is -0.315 e. The van der Waals surface area contributed by atoms with Crippen LogP contribution in [0, 0.1) is 12.7 Å². The van der Waals surface area contributed by atoms with Crippen LogP contribution < -0.4 is 5.32 Å². The van der Waals surface area contributed by atoms with Crippen molar-refractivity contribution in [1.29, 1.82) is 0 Å². The Hall–Kier alpha value is -1.02. The third-order valence-electron chi connectivity index (χ3n) is 4.53. The molecule has 7 heteroatoms. The first-order valence-electron chi connectivity index (χ1n) is 7.69. The van der Waals surface area contributed by atoms with Crippen LogP contribution in [0.2, 0.25) is 0 Å². The zero-order valence-corrected chi connectivity index (χ0v) is 13.6. The first-order valence-corrected chi connectivity index (χ1v) is 9.13. The Morgan fingerprint density at radius 3 is 2.59 bits per heavy atom. The van der Waals surface area contributed by atoms with E-state index in [1.165, 1.54) is 16.4 Å². The Labute approximate surface area is 131 Å². The van der Waals surface area contributed by atoms with Crippen molar-refractivity contribution < 1.29 is 12.8 Å². The second-order valence-electron chi connectivity index (χ2n) is 6.02. The molecule has 2 aliphatic heterocycles. The van der Waals surface area contributed by atoms with Crippen molar-refractivity contribution in [2.75, 3.05) is 39.3 Å². The molecule has 0 radical (unpaired) electrons. The van der Waals surface area contributed by atoms with Crippen molar-refractivity contribution in [3.05, 3.63) is 29.6 Å². The minimum atomic E-state index is -3.75. The molecule has 0 aliphatic carbocycles. The predicted octanol–water partition coefficient (Wildman–Crippen LogP) is 0.802. The van der Waals surface area contributed by atoms with Crippen molar-refractivity contribution in [1.82, 2.24) is 14.5 Å². The molecule has 2 heterocycles. The van der Waals surface area contributed by atoms with Gasteiger partial charge in [-0.15, -0.1) is 0 Å². The second-order valence-corrected chi connectivity index (χ2v) is 7.93. The van der Waals surface area contributed by atoms with E-state index in [4.69, 9.17) is 0 Å². The average molecular weight is 327 g/mol. The van der Waals surface area contributed by atoms with Gasteiger partial charge in [0, 0.05) is 38.8 Å². The van der Waals surface area contributed by atoms with E-state index in [9.17, 15) is 12.8 Å². The van der Waals surface area contributed by atoms with Gasteiger partial charge >= 0.3 is 0 Å². The highest BCUT2D eigenvalue weighted by Crippen LogP contribution is 2.22. The van der Waals surface area contributed by atoms with Crippen molar-refractivity contribution in [3.63, 3.8) is 0 Å². The van der Waals surface area contributed by atoms with E-state index in [2.05, 4.69) is 10.2 Å². The Bertz CT molecular complexity index is 636. The maximum absolute atomic E-state index is 13.9. The van der Waals surface area contributed by atoms with Crippen LogP contribution in [-0.2, 0) is 10.0 Å². The summed E-state index contributed by atoms with van der Waals surface area (Å²) < 4.78 is 40.6. The highest BCUT2D eigenvalue weighted by Gasteiger charge is 2.33. The molecule has 0 bridgehead atoms. The van der Waals surface area contributed by atoms with Gasteiger partial charge < -0.3 is 5.32 Å². The van der Waals surface area contributed by atoms with Gasteiger partial charge in [0.25, 0.3) is 0 Å². The molecule has 22 heavy (non-hydrogen) atoms. The van der Waals surface area contributed by atoms with Gasteiger partial charge in [0.05, 0.1) is 0 Å². The summed E-state index contributed by atoms with van der Waals surface area (Å²) >= 11 is 0. The van der Waals surface area contributed by atoms with E-state index in [-0.39, 0.29) is 4.90 Å². The van der Waals surface area contributed by atoms with Gasteiger partial charge in [0.15, 0.2) is 0 Å². The number of halogens is 1. The van der Waals surface area contributed by atoms with Gasteiger partial charge in [-0.1, -0.05) is 6.07 Å². The summed E-state index contributed by atoms with van der Waals surface area (Å²) in [5.74, 6) is -0.673. The van der Waals surface area contributed by atoms with E-state index in [0.29, 0.717) is 32.2 Å². The second kappa shape index (κ2) is 6.23. The van der Waals surface area contributed by atoms with Crippen LogP contribution in [0.25, 0.3) is 0 Å². The zero-order chi connectivity index (χ0) is 15.7. The standard InChI is InChI=1S/C15H22FN3O2S/c1-12-2-3-14(16)15(10-12)22(20,21)19-8-6-18(7-9-19)13-4-5-17-11-13/h2-3,10,13,17H,4-9,11H2,1H3. The fourth-order valence-electron chi connectivity index (χ4n) is 3.21. The Kier molecular flexibility index (Phi) is 4.49. The quantitative estimate of drug-likeness (QED) is 0.892. The zero-order valence-electron chi connectivity index (χ0n) is 12.8. The first-order chi connectivity index (χ1) is 10.5. The molecule has 3 rings (SSSR count). The number of rotatable bonds is 3. The summed E-state index contributed by atoms with van der Waals surface area (Å²) in [4.78, 5) is 2.13. The van der Waals surface area contributed by atoms with Crippen molar-refractivity contribution in [2.24, 2.45) is 0 Å². The van der Waals surface area contributed by atoms with E-state index < -0.39 is 15.8 Å². The molecule has 122 valence electrons. The van der Waals surface area contributed by atoms with Crippen LogP contribution in [0.15, 0.2) is 23.1 Å². The molecule has 0 saturated carbocycles. The number of hydrogen-bond donors (Lipinski definition) is 1. The predicted molar refractivity (Wildman–Crippen MR) is 82.7 cm³/mol. The van der Waals surface area contributed by atoms with Gasteiger partial charge in [0.2, 0.25) is 10.0 Å². The summed E-state index contributed by atoms with van der Waals surface area (Å²) in [6, 6.07) is 4.72. The normalized spacial score (nSPS) is 24.7. The largest absolute Gasteiger partial charge is 0.315 e. The number of sulfonamides is 1. The number of aryl methyl sites for hydroxylation is 1. The number of piperazine rings is 1. The molecule has 1 aromatic rings. The SMILES string of the molecule is Cc1ccc(F)c(S(=O)(=O)N2CCN(C3CCNC3)CC2)c1. The third kappa shape index (κ3) is 3.03. The van der Waals surface area contributed by atoms with Crippen LogP contribution in [0.4, 0.5) is 4.39 Å². The summed E-state index contributed by atoms with van der Waals surface area (Å²) in [6.07, 6.45) is 1.11. The molecule has 0 aromatic heterocycles. The molecule has 1 N–H and O–H groups in total. The number of hydrogen-bond acceptors (Lipinski definition) is 4. The van der Waals surface area contributed by atoms with Crippen LogP contribution in [-0.4, -0.2) is 62.9 Å². The maximum atomic E-state index is 13.9. The lowest BCUT2D eigenvalue weighted by molar-refractivity contribution is 0.145. The van der Waals surface area contributed by atoms with Gasteiger partial charge in [-0.3, -0.25) is 4.90 Å². The Balaban J connectivity index is 1.73. The van der Waals surface area contributed by atoms with E-state index >= 15 is 0 Å². The van der Waals surface area contributed by atoms with Crippen LogP contribution in [0.5, 0.6) is 0 Å². The van der Waals surface area contributed by atoms with E-state index in [1.54, 1.807) is 13.0 Å². The van der Waals surface area contributed by atoms with E-state index in [1.807, 2.05) is 0 Å². The minimum absolute atomic E-state index is 0.205. The van der Waals surface area contributed by atoms with Crippen molar-refractivity contribution in [3.8, 4) is 0 Å². The number of nitrogens with zero attached hydrogens (tertiary/aromatic N) is 2. The fraction of sp³-hybridized carbons (Fsp3) is 0.600. The van der Waals surface area contributed by atoms with Gasteiger partial charge in [-0.05, 0) is 37.6 Å². The molecule has 2 aliphatic rings. The molecule has 0 amide bonds. The topological polar surface area (TPSA) is 52.7 Å². The monoisotopic (exact) mass is 327 g/mol. The summed E-state index contributed by atoms with van der Waals surface area (Å²) in [5, 5.41) is 3.33. The van der Waals surface area contributed by atoms with Gasteiger partial charge in [-0.25, -0.2) is 12.8 Å². The molecule has 0 spiro atoms. The summed E-state index contributed by atoms with van der Waals surface area (Å²) in [7, 11) is -3.75. The number of nitrogens with one attached hydrogen (secondary N) is 1. The maximum Gasteiger partial charge on any atom is 0.246 e. The van der Waals surface area contributed by atoms with Crippen LogP contribution >= 0.6 is 0 Å². The summed E-state index contributed by atoms with van der Waals surface area (Å²) in [6.45, 7) is 6.02. The van der Waals surface area contributed by atoms with Crippen molar-refractivity contribution >= 4 is 10.0 Å². The molecular formula is C15H22FN3O2S. The molecule has 1 unspecified atom stereocenters. The third-order valence-corrected chi connectivity index (χ3v) is 6.44. The Morgan fingerprint density at radius 2 is 1.95 bits per heavy atom. The molecule has 2 fully saturated rings. The van der Waals surface area contributed by atoms with E-state index in [0.717, 1.165) is 25.1 Å². The molecule has 5 nitrogen and oxygen atoms in total. The highest BCUT2D eigenvalue weighted by atomic mass is 32.2. The smallest absolute Gasteiger partial charge is 0.246 e. The lowest BCUT2D eigenvalue weighted by Crippen LogP contribution is -2.52. The van der Waals surface area contributed by atoms with Crippen molar-refractivity contribution in [2.45, 2.75) is 24.3 Å². The van der Waals surface area contributed by atoms with Gasteiger partial charge in [-0.2, -0.15) is 4.31 Å². The molecule has 1 aromatic carbocycles. The lowest BCUT2D eigenvalue weighted by atomic mass is 10.2. The van der Waals surface area contributed by atoms with Crippen LogP contribution in [0.3, 0.4) is 0 Å².